The maximum Gasteiger partial charge on any atom is 0.273 e. The van der Waals surface area contributed by atoms with Gasteiger partial charge in [-0.1, -0.05) is 20.8 Å². The summed E-state index contributed by atoms with van der Waals surface area (Å²) in [6, 6.07) is 2.85. The molecule has 0 aromatic heterocycles. The smallest absolute Gasteiger partial charge is 0.273 e. The molecule has 1 aromatic rings. The molecule has 0 amide bonds. The van der Waals surface area contributed by atoms with Gasteiger partial charge in [0.2, 0.25) is 10.0 Å². The van der Waals surface area contributed by atoms with E-state index in [9.17, 15) is 18.5 Å². The Hall–Kier alpha value is -1.71. The molecule has 0 aliphatic heterocycles. The zero-order valence-corrected chi connectivity index (χ0v) is 13.8. The highest BCUT2D eigenvalue weighted by Crippen LogP contribution is 2.29. The van der Waals surface area contributed by atoms with Crippen LogP contribution in [-0.4, -0.2) is 33.0 Å². The van der Waals surface area contributed by atoms with Crippen LogP contribution in [0.25, 0.3) is 0 Å². The molecule has 0 radical (unpaired) electrons. The Kier molecular flexibility index (Phi) is 5.49. The third-order valence-corrected chi connectivity index (χ3v) is 4.74. The van der Waals surface area contributed by atoms with Crippen LogP contribution in [-0.2, 0) is 10.0 Å². The Balaban J connectivity index is 3.25. The number of methoxy groups -OCH3 is 1. The number of ether oxygens (including phenoxy) is 1. The van der Waals surface area contributed by atoms with Crippen LogP contribution in [0.5, 0.6) is 5.75 Å². The third kappa shape index (κ3) is 4.15. The Morgan fingerprint density at radius 1 is 1.41 bits per heavy atom. The molecule has 124 valence electrons. The third-order valence-electron chi connectivity index (χ3n) is 3.23. The average molecular weight is 331 g/mol. The van der Waals surface area contributed by atoms with Crippen LogP contribution in [0.3, 0.4) is 0 Å². The van der Waals surface area contributed by atoms with E-state index in [0.29, 0.717) is 0 Å². The van der Waals surface area contributed by atoms with Gasteiger partial charge in [-0.2, -0.15) is 0 Å². The quantitative estimate of drug-likeness (QED) is 0.597. The van der Waals surface area contributed by atoms with Crippen molar-refractivity contribution in [3.8, 4) is 5.75 Å². The molecule has 0 saturated carbocycles. The summed E-state index contributed by atoms with van der Waals surface area (Å²) in [5, 5.41) is 10.8. The Labute approximate surface area is 129 Å². The second-order valence-electron chi connectivity index (χ2n) is 5.87. The van der Waals surface area contributed by atoms with Crippen molar-refractivity contribution in [2.45, 2.75) is 31.7 Å². The van der Waals surface area contributed by atoms with Gasteiger partial charge in [-0.15, -0.1) is 0 Å². The summed E-state index contributed by atoms with van der Waals surface area (Å²) >= 11 is 0. The highest BCUT2D eigenvalue weighted by molar-refractivity contribution is 7.89. The molecule has 0 bridgehead atoms. The van der Waals surface area contributed by atoms with Gasteiger partial charge in [-0.25, -0.2) is 13.1 Å². The number of nitrogens with two attached hydrogens (primary N) is 1. The summed E-state index contributed by atoms with van der Waals surface area (Å²) in [5.41, 5.74) is 5.00. The Morgan fingerprint density at radius 3 is 2.41 bits per heavy atom. The minimum atomic E-state index is -3.92. The summed E-state index contributed by atoms with van der Waals surface area (Å²) in [7, 11) is -2.67. The minimum absolute atomic E-state index is 0.0913. The van der Waals surface area contributed by atoms with E-state index in [0.717, 1.165) is 18.2 Å². The molecular weight excluding hydrogens is 310 g/mol. The zero-order valence-electron chi connectivity index (χ0n) is 13.0. The second-order valence-corrected chi connectivity index (χ2v) is 7.55. The van der Waals surface area contributed by atoms with E-state index in [1.165, 1.54) is 7.11 Å². The number of non-ortho nitro benzene ring substituents is 1. The van der Waals surface area contributed by atoms with Crippen molar-refractivity contribution in [3.05, 3.63) is 28.3 Å². The number of benzene rings is 1. The van der Waals surface area contributed by atoms with Crippen LogP contribution in [0.15, 0.2) is 23.1 Å². The van der Waals surface area contributed by atoms with Crippen molar-refractivity contribution in [3.63, 3.8) is 0 Å². The van der Waals surface area contributed by atoms with E-state index >= 15 is 0 Å². The topological polar surface area (TPSA) is 125 Å². The maximum absolute atomic E-state index is 12.5. The first-order chi connectivity index (χ1) is 10.0. The molecule has 3 N–H and O–H groups in total. The van der Waals surface area contributed by atoms with Crippen molar-refractivity contribution in [1.29, 1.82) is 0 Å². The molecule has 0 fully saturated rings. The van der Waals surface area contributed by atoms with Gasteiger partial charge in [0.05, 0.1) is 18.1 Å². The highest BCUT2D eigenvalue weighted by Gasteiger charge is 2.30. The molecule has 0 aliphatic carbocycles. The number of nitrogens with one attached hydrogen (secondary N) is 1. The van der Waals surface area contributed by atoms with Gasteiger partial charge in [0.25, 0.3) is 5.69 Å². The fourth-order valence-corrected chi connectivity index (χ4v) is 3.43. The van der Waals surface area contributed by atoms with Gasteiger partial charge >= 0.3 is 0 Å². The molecule has 1 aromatic carbocycles. The zero-order chi connectivity index (χ0) is 17.1. The van der Waals surface area contributed by atoms with E-state index < -0.39 is 21.0 Å². The Morgan fingerprint density at radius 2 is 2.00 bits per heavy atom. The Bertz CT molecular complexity index is 652. The number of hydrogen-bond acceptors (Lipinski definition) is 6. The molecule has 9 heteroatoms. The standard InChI is InChI=1S/C13H21N3O5S/c1-13(2,3)12(8-14)15-22(19,20)11-6-5-9(16(17)18)7-10(11)21-4/h5-7,12,15H,8,14H2,1-4H3. The summed E-state index contributed by atoms with van der Waals surface area (Å²) in [6.45, 7) is 5.71. The van der Waals surface area contributed by atoms with Gasteiger partial charge in [-0.3, -0.25) is 10.1 Å². The predicted molar refractivity (Wildman–Crippen MR) is 82.3 cm³/mol. The van der Waals surface area contributed by atoms with Gasteiger partial charge in [-0.05, 0) is 11.5 Å². The molecule has 1 unspecified atom stereocenters. The largest absolute Gasteiger partial charge is 0.495 e. The van der Waals surface area contributed by atoms with Crippen molar-refractivity contribution in [1.82, 2.24) is 4.72 Å². The average Bonchev–Trinajstić information content (AvgIpc) is 2.42. The number of rotatable bonds is 6. The lowest BCUT2D eigenvalue weighted by Gasteiger charge is -2.30. The monoisotopic (exact) mass is 331 g/mol. The number of sulfonamides is 1. The van der Waals surface area contributed by atoms with E-state index in [4.69, 9.17) is 10.5 Å². The SMILES string of the molecule is COc1cc([N+](=O)[O-])ccc1S(=O)(=O)NC(CN)C(C)(C)C. The van der Waals surface area contributed by atoms with Crippen molar-refractivity contribution >= 4 is 15.7 Å². The molecule has 1 atom stereocenters. The van der Waals surface area contributed by atoms with Crippen LogP contribution in [0.2, 0.25) is 0 Å². The maximum atomic E-state index is 12.5. The predicted octanol–water partition coefficient (Wildman–Crippen LogP) is 1.26. The molecule has 0 spiro atoms. The first kappa shape index (κ1) is 18.3. The van der Waals surface area contributed by atoms with Gasteiger partial charge < -0.3 is 10.5 Å². The van der Waals surface area contributed by atoms with Crippen LogP contribution < -0.4 is 15.2 Å². The van der Waals surface area contributed by atoms with E-state index in [2.05, 4.69) is 4.72 Å². The fourth-order valence-electron chi connectivity index (χ4n) is 1.82. The van der Waals surface area contributed by atoms with Crippen molar-refractivity contribution in [2.75, 3.05) is 13.7 Å². The summed E-state index contributed by atoms with van der Waals surface area (Å²) < 4.78 is 32.5. The normalized spacial score (nSPS) is 13.7. The summed E-state index contributed by atoms with van der Waals surface area (Å²) in [5.74, 6) is -0.0913. The molecular formula is C13H21N3O5S. The van der Waals surface area contributed by atoms with Crippen LogP contribution in [0, 0.1) is 15.5 Å². The van der Waals surface area contributed by atoms with Crippen LogP contribution >= 0.6 is 0 Å². The lowest BCUT2D eigenvalue weighted by molar-refractivity contribution is -0.385. The molecule has 0 saturated heterocycles. The lowest BCUT2D eigenvalue weighted by atomic mass is 9.88. The van der Waals surface area contributed by atoms with Gasteiger partial charge in [0.15, 0.2) is 0 Å². The van der Waals surface area contributed by atoms with Crippen molar-refractivity contribution in [2.24, 2.45) is 11.1 Å². The molecule has 22 heavy (non-hydrogen) atoms. The van der Waals surface area contributed by atoms with E-state index in [1.807, 2.05) is 20.8 Å². The summed E-state index contributed by atoms with van der Waals surface area (Å²) in [6.07, 6.45) is 0. The van der Waals surface area contributed by atoms with E-state index in [1.54, 1.807) is 0 Å². The van der Waals surface area contributed by atoms with Gasteiger partial charge in [0.1, 0.15) is 10.6 Å². The van der Waals surface area contributed by atoms with Gasteiger partial charge in [0, 0.05) is 18.7 Å². The molecule has 8 nitrogen and oxygen atoms in total. The van der Waals surface area contributed by atoms with E-state index in [-0.39, 0.29) is 28.3 Å². The van der Waals surface area contributed by atoms with Crippen LogP contribution in [0.4, 0.5) is 5.69 Å². The van der Waals surface area contributed by atoms with Crippen molar-refractivity contribution < 1.29 is 18.1 Å². The summed E-state index contributed by atoms with van der Waals surface area (Å²) in [4.78, 5) is 9.97. The molecule has 1 rings (SSSR count). The van der Waals surface area contributed by atoms with Crippen LogP contribution in [0.1, 0.15) is 20.8 Å². The fraction of sp³-hybridized carbons (Fsp3) is 0.538. The first-order valence-corrected chi connectivity index (χ1v) is 8.06. The molecule has 0 heterocycles. The molecule has 0 aliphatic rings. The first-order valence-electron chi connectivity index (χ1n) is 6.57. The second kappa shape index (κ2) is 6.59. The number of nitro groups is 1. The number of nitro benzene ring substituents is 1. The number of hydrogen-bond donors (Lipinski definition) is 2. The minimum Gasteiger partial charge on any atom is -0.495 e. The lowest BCUT2D eigenvalue weighted by Crippen LogP contribution is -2.48. The number of nitrogens with zero attached hydrogens (tertiary/aromatic N) is 1. The highest BCUT2D eigenvalue weighted by atomic mass is 32.2.